The van der Waals surface area contributed by atoms with Crippen LogP contribution >= 0.6 is 0 Å². The molecule has 3 heteroatoms. The van der Waals surface area contributed by atoms with E-state index in [9.17, 15) is 0 Å². The lowest BCUT2D eigenvalue weighted by Crippen LogP contribution is -2.46. The molecule has 54 valence electrons. The molecule has 0 aromatic rings. The lowest BCUT2D eigenvalue weighted by atomic mass is 10.3. The minimum Gasteiger partial charge on any atom is -0.378 e. The number of morpholine rings is 1. The van der Waals surface area contributed by atoms with Crippen LogP contribution in [0, 0.1) is 0 Å². The Hall–Kier alpha value is -0.120. The highest BCUT2D eigenvalue weighted by Gasteiger charge is 2.10. The zero-order valence-corrected chi connectivity index (χ0v) is 5.81. The van der Waals surface area contributed by atoms with Crippen molar-refractivity contribution in [3.05, 3.63) is 0 Å². The molecule has 0 aromatic heterocycles. The number of likely N-dealkylation sites (N-methyl/N-ethyl adjacent to an activating group) is 1. The molecule has 1 atom stereocenters. The number of nitrogens with one attached hydrogen (secondary N) is 2. The molecule has 1 fully saturated rings. The van der Waals surface area contributed by atoms with E-state index >= 15 is 0 Å². The van der Waals surface area contributed by atoms with E-state index in [2.05, 4.69) is 10.6 Å². The molecule has 0 bridgehead atoms. The third kappa shape index (κ3) is 2.30. The van der Waals surface area contributed by atoms with Crippen molar-refractivity contribution in [1.29, 1.82) is 0 Å². The monoisotopic (exact) mass is 130 g/mol. The van der Waals surface area contributed by atoms with E-state index in [-0.39, 0.29) is 0 Å². The van der Waals surface area contributed by atoms with Gasteiger partial charge in [-0.2, -0.15) is 0 Å². The van der Waals surface area contributed by atoms with Gasteiger partial charge in [0.25, 0.3) is 0 Å². The van der Waals surface area contributed by atoms with E-state index in [1.165, 1.54) is 0 Å². The highest BCUT2D eigenvalue weighted by atomic mass is 16.5. The molecule has 3 nitrogen and oxygen atoms in total. The topological polar surface area (TPSA) is 33.3 Å². The molecule has 0 aliphatic carbocycles. The Balaban J connectivity index is 2.08. The van der Waals surface area contributed by atoms with Crippen LogP contribution < -0.4 is 10.6 Å². The maximum absolute atomic E-state index is 5.23. The summed E-state index contributed by atoms with van der Waals surface area (Å²) in [6.07, 6.45) is 0. The second-order valence-electron chi connectivity index (χ2n) is 2.28. The zero-order chi connectivity index (χ0) is 6.53. The van der Waals surface area contributed by atoms with E-state index in [0.717, 1.165) is 26.3 Å². The number of ether oxygens (including phenoxy) is 1. The van der Waals surface area contributed by atoms with E-state index in [0.29, 0.717) is 6.04 Å². The molecule has 1 heterocycles. The quantitative estimate of drug-likeness (QED) is 0.513. The van der Waals surface area contributed by atoms with Crippen LogP contribution in [-0.4, -0.2) is 39.4 Å². The van der Waals surface area contributed by atoms with Gasteiger partial charge in [-0.25, -0.2) is 0 Å². The number of rotatable bonds is 2. The second kappa shape index (κ2) is 3.82. The Morgan fingerprint density at radius 2 is 2.67 bits per heavy atom. The minimum atomic E-state index is 0.517. The summed E-state index contributed by atoms with van der Waals surface area (Å²) in [7, 11) is 1.95. The van der Waals surface area contributed by atoms with Gasteiger partial charge in [0.15, 0.2) is 0 Å². The van der Waals surface area contributed by atoms with Gasteiger partial charge in [0.2, 0.25) is 0 Å². The molecule has 2 N–H and O–H groups in total. The van der Waals surface area contributed by atoms with Crippen LogP contribution in [-0.2, 0) is 4.74 Å². The van der Waals surface area contributed by atoms with E-state index in [1.54, 1.807) is 0 Å². The summed E-state index contributed by atoms with van der Waals surface area (Å²) in [4.78, 5) is 0. The molecule has 1 aliphatic heterocycles. The predicted octanol–water partition coefficient (Wildman–Crippen LogP) is -0.806. The Bertz CT molecular complexity index is 68.7. The highest BCUT2D eigenvalue weighted by Crippen LogP contribution is 1.89. The minimum absolute atomic E-state index is 0.517. The Kier molecular flexibility index (Phi) is 2.97. The molecule has 0 radical (unpaired) electrons. The van der Waals surface area contributed by atoms with Crippen molar-refractivity contribution in [3.63, 3.8) is 0 Å². The van der Waals surface area contributed by atoms with Crippen molar-refractivity contribution >= 4 is 0 Å². The van der Waals surface area contributed by atoms with Gasteiger partial charge in [-0.15, -0.1) is 0 Å². The van der Waals surface area contributed by atoms with Gasteiger partial charge in [0, 0.05) is 19.1 Å². The molecule has 1 aliphatic rings. The highest BCUT2D eigenvalue weighted by molar-refractivity contribution is 4.70. The maximum Gasteiger partial charge on any atom is 0.0632 e. The molecule has 1 saturated heterocycles. The molecule has 1 rings (SSSR count). The van der Waals surface area contributed by atoms with Crippen molar-refractivity contribution in [2.45, 2.75) is 6.04 Å². The van der Waals surface area contributed by atoms with Crippen LogP contribution in [0.1, 0.15) is 0 Å². The van der Waals surface area contributed by atoms with Crippen molar-refractivity contribution in [1.82, 2.24) is 10.6 Å². The van der Waals surface area contributed by atoms with Gasteiger partial charge in [-0.3, -0.25) is 0 Å². The fourth-order valence-electron chi connectivity index (χ4n) is 0.997. The molecule has 0 saturated carbocycles. The smallest absolute Gasteiger partial charge is 0.0632 e. The van der Waals surface area contributed by atoms with Crippen molar-refractivity contribution in [3.8, 4) is 0 Å². The maximum atomic E-state index is 5.23. The summed E-state index contributed by atoms with van der Waals surface area (Å²) >= 11 is 0. The molecule has 0 amide bonds. The summed E-state index contributed by atoms with van der Waals surface area (Å²) in [5, 5.41) is 6.43. The van der Waals surface area contributed by atoms with Crippen LogP contribution in [0.2, 0.25) is 0 Å². The first-order valence-electron chi connectivity index (χ1n) is 3.39. The first-order chi connectivity index (χ1) is 4.43. The van der Waals surface area contributed by atoms with Crippen molar-refractivity contribution in [2.75, 3.05) is 33.4 Å². The summed E-state index contributed by atoms with van der Waals surface area (Å²) < 4.78 is 5.23. The lowest BCUT2D eigenvalue weighted by Gasteiger charge is -2.23. The summed E-state index contributed by atoms with van der Waals surface area (Å²) in [6.45, 7) is 3.70. The standard InChI is InChI=1S/C6H14N2O/c1-7-4-6-5-9-3-2-8-6/h6-8H,2-5H2,1H3/t6-/m1/s1. The summed E-state index contributed by atoms with van der Waals surface area (Å²) in [5.74, 6) is 0. The molecule has 0 aromatic carbocycles. The van der Waals surface area contributed by atoms with Gasteiger partial charge in [-0.05, 0) is 7.05 Å². The van der Waals surface area contributed by atoms with E-state index < -0.39 is 0 Å². The first-order valence-corrected chi connectivity index (χ1v) is 3.39. The number of hydrogen-bond donors (Lipinski definition) is 2. The normalized spacial score (nSPS) is 28.3. The van der Waals surface area contributed by atoms with Gasteiger partial charge >= 0.3 is 0 Å². The Morgan fingerprint density at radius 1 is 1.78 bits per heavy atom. The van der Waals surface area contributed by atoms with Gasteiger partial charge in [-0.1, -0.05) is 0 Å². The van der Waals surface area contributed by atoms with Gasteiger partial charge < -0.3 is 15.4 Å². The molecular formula is C6H14N2O. The Labute approximate surface area is 55.8 Å². The van der Waals surface area contributed by atoms with Crippen LogP contribution in [0.5, 0.6) is 0 Å². The van der Waals surface area contributed by atoms with Crippen LogP contribution in [0.15, 0.2) is 0 Å². The molecular weight excluding hydrogens is 116 g/mol. The summed E-state index contributed by atoms with van der Waals surface area (Å²) in [5.41, 5.74) is 0. The molecule has 0 spiro atoms. The van der Waals surface area contributed by atoms with Gasteiger partial charge in [0.05, 0.1) is 13.2 Å². The third-order valence-electron chi connectivity index (χ3n) is 1.45. The average Bonchev–Trinajstić information content (AvgIpc) is 1.91. The molecule has 9 heavy (non-hydrogen) atoms. The number of hydrogen-bond acceptors (Lipinski definition) is 3. The largest absolute Gasteiger partial charge is 0.378 e. The predicted molar refractivity (Wildman–Crippen MR) is 36.5 cm³/mol. The lowest BCUT2D eigenvalue weighted by molar-refractivity contribution is 0.0773. The van der Waals surface area contributed by atoms with Crippen LogP contribution in [0.4, 0.5) is 0 Å². The zero-order valence-electron chi connectivity index (χ0n) is 5.81. The fourth-order valence-corrected chi connectivity index (χ4v) is 0.997. The van der Waals surface area contributed by atoms with Crippen molar-refractivity contribution < 1.29 is 4.74 Å². The average molecular weight is 130 g/mol. The van der Waals surface area contributed by atoms with Crippen molar-refractivity contribution in [2.24, 2.45) is 0 Å². The van der Waals surface area contributed by atoms with Crippen LogP contribution in [0.3, 0.4) is 0 Å². The Morgan fingerprint density at radius 3 is 3.22 bits per heavy atom. The SMILES string of the molecule is CNC[C@@H]1COCCN1. The molecule has 0 unspecified atom stereocenters. The first kappa shape index (κ1) is 6.99. The van der Waals surface area contributed by atoms with E-state index in [4.69, 9.17) is 4.74 Å². The van der Waals surface area contributed by atoms with Gasteiger partial charge in [0.1, 0.15) is 0 Å². The van der Waals surface area contributed by atoms with Crippen LogP contribution in [0.25, 0.3) is 0 Å². The summed E-state index contributed by atoms with van der Waals surface area (Å²) in [6, 6.07) is 0.517. The fraction of sp³-hybridized carbons (Fsp3) is 1.00. The third-order valence-corrected chi connectivity index (χ3v) is 1.45. The second-order valence-corrected chi connectivity index (χ2v) is 2.28. The van der Waals surface area contributed by atoms with E-state index in [1.807, 2.05) is 7.05 Å².